The third kappa shape index (κ3) is 4.34. The largest absolute Gasteiger partial charge is 1.00 e. The number of rotatable bonds is 6. The molecule has 0 aliphatic heterocycles. The van der Waals surface area contributed by atoms with Crippen molar-refractivity contribution in [3.8, 4) is 0 Å². The molecule has 0 radical (unpaired) electrons. The molecule has 2 nitrogen and oxygen atoms in total. The van der Waals surface area contributed by atoms with E-state index in [1.54, 1.807) is 0 Å². The van der Waals surface area contributed by atoms with Crippen molar-refractivity contribution in [3.63, 3.8) is 0 Å². The van der Waals surface area contributed by atoms with Gasteiger partial charge in [-0.1, -0.05) is 60.7 Å². The van der Waals surface area contributed by atoms with Crippen molar-refractivity contribution in [1.82, 2.24) is 0 Å². The Kier molecular flexibility index (Phi) is 7.31. The Morgan fingerprint density at radius 3 is 1.75 bits per heavy atom. The lowest BCUT2D eigenvalue weighted by molar-refractivity contribution is -0.688. The second kappa shape index (κ2) is 8.75. The summed E-state index contributed by atoms with van der Waals surface area (Å²) in [6.45, 7) is 3.19. The van der Waals surface area contributed by atoms with Gasteiger partial charge in [0, 0.05) is 0 Å². The van der Waals surface area contributed by atoms with E-state index < -0.39 is 0 Å². The number of hydrogen-bond acceptors (Lipinski definition) is 1. The summed E-state index contributed by atoms with van der Waals surface area (Å²) in [5, 5.41) is 11.2. The molecule has 0 aliphatic carbocycles. The van der Waals surface area contributed by atoms with Crippen molar-refractivity contribution in [2.45, 2.75) is 18.9 Å². The van der Waals surface area contributed by atoms with Crippen LogP contribution in [0, 0.1) is 0 Å². The van der Waals surface area contributed by atoms with E-state index in [9.17, 15) is 0 Å². The highest BCUT2D eigenvalue weighted by Gasteiger charge is 2.23. The summed E-state index contributed by atoms with van der Waals surface area (Å²) >= 11 is 0. The van der Waals surface area contributed by atoms with Gasteiger partial charge in [0.15, 0.2) is 0 Å². The molecule has 0 fully saturated rings. The molecule has 2 aromatic carbocycles. The fourth-order valence-corrected chi connectivity index (χ4v) is 2.59. The summed E-state index contributed by atoms with van der Waals surface area (Å²) in [5.41, 5.74) is 2.66. The molecule has 0 aromatic heterocycles. The number of hydrogen-bond donors (Lipinski definition) is 2. The SMILES string of the molecule is CC([NH2+]CCO)C(c1ccccc1)c1ccccc1.[Cl-]. The first kappa shape index (κ1) is 16.7. The lowest BCUT2D eigenvalue weighted by atomic mass is 9.86. The first-order valence-electron chi connectivity index (χ1n) is 6.87. The molecule has 0 bridgehead atoms. The molecule has 0 saturated carbocycles. The second-order valence-corrected chi connectivity index (χ2v) is 4.91. The van der Waals surface area contributed by atoms with Crippen LogP contribution in [0.2, 0.25) is 0 Å². The van der Waals surface area contributed by atoms with Crippen LogP contribution < -0.4 is 17.7 Å². The van der Waals surface area contributed by atoms with E-state index in [1.165, 1.54) is 11.1 Å². The molecule has 2 aromatic rings. The quantitative estimate of drug-likeness (QED) is 0.687. The maximum Gasteiger partial charge on any atom is 0.0992 e. The summed E-state index contributed by atoms with van der Waals surface area (Å²) in [4.78, 5) is 0. The average Bonchev–Trinajstić information content (AvgIpc) is 2.47. The van der Waals surface area contributed by atoms with Crippen LogP contribution in [0.4, 0.5) is 0 Å². The Hall–Kier alpha value is -1.35. The Morgan fingerprint density at radius 2 is 1.35 bits per heavy atom. The maximum absolute atomic E-state index is 9.01. The summed E-state index contributed by atoms with van der Waals surface area (Å²) in [5.74, 6) is 0.356. The highest BCUT2D eigenvalue weighted by Crippen LogP contribution is 2.26. The van der Waals surface area contributed by atoms with Crippen molar-refractivity contribution in [2.75, 3.05) is 13.2 Å². The van der Waals surface area contributed by atoms with E-state index in [4.69, 9.17) is 5.11 Å². The summed E-state index contributed by atoms with van der Waals surface area (Å²) in [6.07, 6.45) is 0. The molecular formula is C17H22ClNO. The summed E-state index contributed by atoms with van der Waals surface area (Å²) < 4.78 is 0. The first-order valence-corrected chi connectivity index (χ1v) is 6.87. The van der Waals surface area contributed by atoms with E-state index >= 15 is 0 Å². The molecule has 3 N–H and O–H groups in total. The van der Waals surface area contributed by atoms with Gasteiger partial charge in [-0.25, -0.2) is 0 Å². The van der Waals surface area contributed by atoms with E-state index in [-0.39, 0.29) is 19.0 Å². The molecule has 0 saturated heterocycles. The van der Waals surface area contributed by atoms with Crippen molar-refractivity contribution >= 4 is 0 Å². The zero-order valence-electron chi connectivity index (χ0n) is 11.7. The normalized spacial score (nSPS) is 11.9. The van der Waals surface area contributed by atoms with Gasteiger partial charge in [0.1, 0.15) is 0 Å². The van der Waals surface area contributed by atoms with Crippen molar-refractivity contribution in [2.24, 2.45) is 0 Å². The van der Waals surface area contributed by atoms with Crippen LogP contribution in [-0.4, -0.2) is 24.3 Å². The van der Waals surface area contributed by atoms with Gasteiger partial charge in [0.05, 0.1) is 25.1 Å². The lowest BCUT2D eigenvalue weighted by Crippen LogP contribution is -3.00. The van der Waals surface area contributed by atoms with E-state index in [1.807, 2.05) is 12.1 Å². The number of nitrogens with two attached hydrogens (primary N) is 1. The molecule has 0 spiro atoms. The first-order chi connectivity index (χ1) is 9.33. The van der Waals surface area contributed by atoms with Crippen LogP contribution >= 0.6 is 0 Å². The fourth-order valence-electron chi connectivity index (χ4n) is 2.59. The van der Waals surface area contributed by atoms with Crippen molar-refractivity contribution in [1.29, 1.82) is 0 Å². The molecule has 1 unspecified atom stereocenters. The number of benzene rings is 2. The summed E-state index contributed by atoms with van der Waals surface area (Å²) in [7, 11) is 0. The van der Waals surface area contributed by atoms with Gasteiger partial charge in [-0.05, 0) is 18.1 Å². The Balaban J connectivity index is 0.00000200. The average molecular weight is 292 g/mol. The standard InChI is InChI=1S/C17H21NO.ClH/c1-14(18-12-13-19)17(15-8-4-2-5-9-15)16-10-6-3-7-11-16;/h2-11,14,17-19H,12-13H2,1H3;1H. The zero-order chi connectivity index (χ0) is 13.5. The molecule has 0 amide bonds. The lowest BCUT2D eigenvalue weighted by Gasteiger charge is -2.23. The second-order valence-electron chi connectivity index (χ2n) is 4.91. The molecular weight excluding hydrogens is 270 g/mol. The number of halogens is 1. The van der Waals surface area contributed by atoms with Gasteiger partial charge in [-0.15, -0.1) is 0 Å². The molecule has 1 atom stereocenters. The van der Waals surface area contributed by atoms with Crippen LogP contribution in [0.5, 0.6) is 0 Å². The van der Waals surface area contributed by atoms with E-state index in [0.717, 1.165) is 6.54 Å². The smallest absolute Gasteiger partial charge is 0.0992 e. The molecule has 0 heterocycles. The number of aliphatic hydroxyl groups is 1. The fraction of sp³-hybridized carbons (Fsp3) is 0.294. The predicted molar refractivity (Wildman–Crippen MR) is 78.1 cm³/mol. The van der Waals surface area contributed by atoms with Gasteiger partial charge in [-0.2, -0.15) is 0 Å². The third-order valence-electron chi connectivity index (χ3n) is 3.51. The van der Waals surface area contributed by atoms with Crippen molar-refractivity contribution < 1.29 is 22.8 Å². The Morgan fingerprint density at radius 1 is 0.900 bits per heavy atom. The van der Waals surface area contributed by atoms with Gasteiger partial charge in [0.25, 0.3) is 0 Å². The van der Waals surface area contributed by atoms with Crippen LogP contribution in [0.15, 0.2) is 60.7 Å². The molecule has 3 heteroatoms. The minimum Gasteiger partial charge on any atom is -1.00 e. The van der Waals surface area contributed by atoms with Gasteiger partial charge in [0.2, 0.25) is 0 Å². The highest BCUT2D eigenvalue weighted by molar-refractivity contribution is 5.33. The van der Waals surface area contributed by atoms with Crippen LogP contribution in [0.1, 0.15) is 24.0 Å². The molecule has 20 heavy (non-hydrogen) atoms. The topological polar surface area (TPSA) is 36.8 Å². The van der Waals surface area contributed by atoms with Crippen LogP contribution in [-0.2, 0) is 0 Å². The van der Waals surface area contributed by atoms with E-state index in [2.05, 4.69) is 60.8 Å². The van der Waals surface area contributed by atoms with Gasteiger partial charge < -0.3 is 22.8 Å². The number of aliphatic hydroxyl groups excluding tert-OH is 1. The monoisotopic (exact) mass is 291 g/mol. The Bertz CT molecular complexity index is 435. The van der Waals surface area contributed by atoms with Crippen LogP contribution in [0.25, 0.3) is 0 Å². The maximum atomic E-state index is 9.01. The van der Waals surface area contributed by atoms with Crippen molar-refractivity contribution in [3.05, 3.63) is 71.8 Å². The van der Waals surface area contributed by atoms with Gasteiger partial charge >= 0.3 is 0 Å². The highest BCUT2D eigenvalue weighted by atomic mass is 35.5. The third-order valence-corrected chi connectivity index (χ3v) is 3.51. The van der Waals surface area contributed by atoms with E-state index in [0.29, 0.717) is 12.0 Å². The minimum absolute atomic E-state index is 0. The molecule has 2 rings (SSSR count). The zero-order valence-corrected chi connectivity index (χ0v) is 12.5. The Labute approximate surface area is 127 Å². The van der Waals surface area contributed by atoms with Crippen LogP contribution in [0.3, 0.4) is 0 Å². The predicted octanol–water partition coefficient (Wildman–Crippen LogP) is -1.23. The van der Waals surface area contributed by atoms with Gasteiger partial charge in [-0.3, -0.25) is 0 Å². The summed E-state index contributed by atoms with van der Waals surface area (Å²) in [6, 6.07) is 21.6. The minimum atomic E-state index is 0. The molecule has 0 aliphatic rings. The number of quaternary nitrogens is 1. The molecule has 108 valence electrons.